The highest BCUT2D eigenvalue weighted by Crippen LogP contribution is 2.22. The van der Waals surface area contributed by atoms with Crippen molar-refractivity contribution >= 4 is 17.3 Å². The van der Waals surface area contributed by atoms with Crippen LogP contribution in [0.25, 0.3) is 0 Å². The van der Waals surface area contributed by atoms with Crippen molar-refractivity contribution < 1.29 is 4.74 Å². The molecule has 1 aromatic rings. The van der Waals surface area contributed by atoms with E-state index in [0.29, 0.717) is 6.04 Å². The fourth-order valence-electron chi connectivity index (χ4n) is 2.68. The van der Waals surface area contributed by atoms with E-state index in [4.69, 9.17) is 4.74 Å². The minimum Gasteiger partial charge on any atom is -0.382 e. The predicted molar refractivity (Wildman–Crippen MR) is 105 cm³/mol. The third kappa shape index (κ3) is 7.64. The van der Waals surface area contributed by atoms with Crippen molar-refractivity contribution in [3.05, 3.63) is 22.4 Å². The van der Waals surface area contributed by atoms with Gasteiger partial charge in [-0.3, -0.25) is 9.89 Å². The zero-order valence-electron chi connectivity index (χ0n) is 15.7. The predicted octanol–water partition coefficient (Wildman–Crippen LogP) is 3.11. The van der Waals surface area contributed by atoms with E-state index in [9.17, 15) is 0 Å². The first-order valence-corrected chi connectivity index (χ1v) is 9.99. The second-order valence-corrected chi connectivity index (χ2v) is 6.36. The monoisotopic (exact) mass is 354 g/mol. The van der Waals surface area contributed by atoms with Gasteiger partial charge >= 0.3 is 0 Å². The molecular weight excluding hydrogens is 320 g/mol. The Kier molecular flexibility index (Phi) is 11.5. The lowest BCUT2D eigenvalue weighted by atomic mass is 10.1. The number of guanidine groups is 1. The highest BCUT2D eigenvalue weighted by atomic mass is 32.1. The van der Waals surface area contributed by atoms with Crippen molar-refractivity contribution in [2.24, 2.45) is 4.99 Å². The van der Waals surface area contributed by atoms with Crippen LogP contribution >= 0.6 is 11.3 Å². The molecule has 0 aliphatic rings. The molecule has 6 heteroatoms. The molecule has 0 aliphatic carbocycles. The Labute approximate surface area is 151 Å². The first-order valence-electron chi connectivity index (χ1n) is 9.05. The maximum atomic E-state index is 5.36. The number of nitrogens with zero attached hydrogens (tertiary/aromatic N) is 2. The molecule has 0 saturated carbocycles. The van der Waals surface area contributed by atoms with Crippen molar-refractivity contribution in [1.29, 1.82) is 0 Å². The summed E-state index contributed by atoms with van der Waals surface area (Å²) in [4.78, 5) is 6.81. The summed E-state index contributed by atoms with van der Waals surface area (Å²) >= 11 is 1.76. The first kappa shape index (κ1) is 20.9. The molecule has 0 amide bonds. The van der Waals surface area contributed by atoms with Crippen LogP contribution in [-0.2, 0) is 4.74 Å². The standard InChI is InChI=1S/C18H34N4OS/c1-5-22(6-2)17(16-10-13-24-15-16)14-21-18(19-4)20-11-8-9-12-23-7-3/h10,13,15,17H,5-9,11-12,14H2,1-4H3,(H2,19,20,21). The highest BCUT2D eigenvalue weighted by Gasteiger charge is 2.18. The lowest BCUT2D eigenvalue weighted by Crippen LogP contribution is -2.43. The van der Waals surface area contributed by atoms with E-state index >= 15 is 0 Å². The highest BCUT2D eigenvalue weighted by molar-refractivity contribution is 7.07. The molecule has 1 atom stereocenters. The molecule has 5 nitrogen and oxygen atoms in total. The molecule has 0 spiro atoms. The number of aliphatic imine (C=N–C) groups is 1. The van der Waals surface area contributed by atoms with Crippen molar-refractivity contribution in [2.45, 2.75) is 39.7 Å². The molecule has 0 bridgehead atoms. The molecule has 0 fully saturated rings. The second kappa shape index (κ2) is 13.2. The number of thiophene rings is 1. The second-order valence-electron chi connectivity index (χ2n) is 5.58. The fourth-order valence-corrected chi connectivity index (χ4v) is 3.39. The van der Waals surface area contributed by atoms with Crippen LogP contribution in [0.4, 0.5) is 0 Å². The van der Waals surface area contributed by atoms with Gasteiger partial charge in [0, 0.05) is 33.4 Å². The number of likely N-dealkylation sites (N-methyl/N-ethyl adjacent to an activating group) is 1. The van der Waals surface area contributed by atoms with Crippen LogP contribution in [0.2, 0.25) is 0 Å². The molecule has 138 valence electrons. The van der Waals surface area contributed by atoms with Crippen LogP contribution in [0.15, 0.2) is 21.8 Å². The van der Waals surface area contributed by atoms with Gasteiger partial charge in [-0.25, -0.2) is 0 Å². The van der Waals surface area contributed by atoms with Crippen molar-refractivity contribution in [3.63, 3.8) is 0 Å². The zero-order chi connectivity index (χ0) is 17.6. The number of rotatable bonds is 12. The summed E-state index contributed by atoms with van der Waals surface area (Å²) in [5.74, 6) is 0.874. The fraction of sp³-hybridized carbons (Fsp3) is 0.722. The summed E-state index contributed by atoms with van der Waals surface area (Å²) in [6, 6.07) is 2.60. The molecule has 1 aromatic heterocycles. The number of hydrogen-bond acceptors (Lipinski definition) is 4. The molecule has 1 unspecified atom stereocenters. The van der Waals surface area contributed by atoms with Crippen molar-refractivity contribution in [1.82, 2.24) is 15.5 Å². The summed E-state index contributed by atoms with van der Waals surface area (Å²) in [6.45, 7) is 12.0. The van der Waals surface area contributed by atoms with Crippen LogP contribution in [-0.4, -0.2) is 57.3 Å². The molecule has 0 aromatic carbocycles. The van der Waals surface area contributed by atoms with E-state index in [1.54, 1.807) is 11.3 Å². The molecule has 2 N–H and O–H groups in total. The SMILES string of the molecule is CCOCCCCNC(=NC)NCC(c1ccsc1)N(CC)CC. The molecular formula is C18H34N4OS. The molecule has 0 saturated heterocycles. The Morgan fingerprint density at radius 3 is 2.62 bits per heavy atom. The van der Waals surface area contributed by atoms with Gasteiger partial charge in [0.25, 0.3) is 0 Å². The quantitative estimate of drug-likeness (QED) is 0.344. The summed E-state index contributed by atoms with van der Waals surface area (Å²) in [5.41, 5.74) is 1.38. The molecule has 1 heterocycles. The van der Waals surface area contributed by atoms with Gasteiger partial charge in [0.1, 0.15) is 0 Å². The van der Waals surface area contributed by atoms with Crippen LogP contribution in [0.1, 0.15) is 45.2 Å². The topological polar surface area (TPSA) is 48.9 Å². The average Bonchev–Trinajstić information content (AvgIpc) is 3.13. The van der Waals surface area contributed by atoms with Crippen LogP contribution in [0, 0.1) is 0 Å². The number of hydrogen-bond donors (Lipinski definition) is 2. The largest absolute Gasteiger partial charge is 0.382 e. The van der Waals surface area contributed by atoms with E-state index in [2.05, 4.69) is 51.2 Å². The summed E-state index contributed by atoms with van der Waals surface area (Å²) in [6.07, 6.45) is 2.17. The van der Waals surface area contributed by atoms with E-state index in [1.165, 1.54) is 5.56 Å². The minimum atomic E-state index is 0.378. The lowest BCUT2D eigenvalue weighted by Gasteiger charge is -2.30. The van der Waals surface area contributed by atoms with Gasteiger partial charge in [0.05, 0.1) is 6.04 Å². The first-order chi connectivity index (χ1) is 11.8. The molecule has 24 heavy (non-hydrogen) atoms. The Hall–Kier alpha value is -1.11. The number of unbranched alkanes of at least 4 members (excludes halogenated alkanes) is 1. The third-order valence-corrected chi connectivity index (χ3v) is 4.78. The third-order valence-electron chi connectivity index (χ3n) is 4.08. The smallest absolute Gasteiger partial charge is 0.191 e. The van der Waals surface area contributed by atoms with E-state index in [-0.39, 0.29) is 0 Å². The Bertz CT molecular complexity index is 432. The summed E-state index contributed by atoms with van der Waals surface area (Å²) < 4.78 is 5.36. The molecule has 0 aliphatic heterocycles. The van der Waals surface area contributed by atoms with Gasteiger partial charge in [-0.1, -0.05) is 13.8 Å². The maximum Gasteiger partial charge on any atom is 0.191 e. The summed E-state index contributed by atoms with van der Waals surface area (Å²) in [7, 11) is 1.83. The van der Waals surface area contributed by atoms with Gasteiger partial charge < -0.3 is 15.4 Å². The molecule has 0 radical (unpaired) electrons. The van der Waals surface area contributed by atoms with E-state index < -0.39 is 0 Å². The number of ether oxygens (including phenoxy) is 1. The van der Waals surface area contributed by atoms with Crippen LogP contribution in [0.3, 0.4) is 0 Å². The van der Waals surface area contributed by atoms with Gasteiger partial charge in [0.2, 0.25) is 0 Å². The van der Waals surface area contributed by atoms with Crippen molar-refractivity contribution in [2.75, 3.05) is 46.4 Å². The van der Waals surface area contributed by atoms with Crippen LogP contribution < -0.4 is 10.6 Å². The normalized spacial score (nSPS) is 13.3. The Morgan fingerprint density at radius 1 is 1.25 bits per heavy atom. The maximum absolute atomic E-state index is 5.36. The van der Waals surface area contributed by atoms with Gasteiger partial charge in [0.15, 0.2) is 5.96 Å². The molecule has 1 rings (SSSR count). The van der Waals surface area contributed by atoms with Gasteiger partial charge in [-0.05, 0) is 55.2 Å². The van der Waals surface area contributed by atoms with Gasteiger partial charge in [-0.2, -0.15) is 11.3 Å². The number of nitrogens with one attached hydrogen (secondary N) is 2. The Balaban J connectivity index is 2.43. The van der Waals surface area contributed by atoms with E-state index in [0.717, 1.165) is 58.2 Å². The van der Waals surface area contributed by atoms with Crippen molar-refractivity contribution in [3.8, 4) is 0 Å². The zero-order valence-corrected chi connectivity index (χ0v) is 16.5. The lowest BCUT2D eigenvalue weighted by molar-refractivity contribution is 0.143. The Morgan fingerprint density at radius 2 is 2.04 bits per heavy atom. The van der Waals surface area contributed by atoms with Crippen LogP contribution in [0.5, 0.6) is 0 Å². The summed E-state index contributed by atoms with van der Waals surface area (Å²) in [5, 5.41) is 11.3. The average molecular weight is 355 g/mol. The minimum absolute atomic E-state index is 0.378. The van der Waals surface area contributed by atoms with E-state index in [1.807, 2.05) is 14.0 Å². The van der Waals surface area contributed by atoms with Gasteiger partial charge in [-0.15, -0.1) is 0 Å².